The Morgan fingerprint density at radius 3 is 2.56 bits per heavy atom. The van der Waals surface area contributed by atoms with Gasteiger partial charge in [0, 0.05) is 12.3 Å². The summed E-state index contributed by atoms with van der Waals surface area (Å²) in [6, 6.07) is 11.9. The van der Waals surface area contributed by atoms with E-state index >= 15 is 0 Å². The van der Waals surface area contributed by atoms with Crippen molar-refractivity contribution in [3.8, 4) is 5.75 Å². The second-order valence-electron chi connectivity index (χ2n) is 6.26. The first kappa shape index (κ1) is 18.4. The van der Waals surface area contributed by atoms with E-state index < -0.39 is 17.6 Å². The minimum absolute atomic E-state index is 0.0899. The van der Waals surface area contributed by atoms with E-state index in [0.717, 1.165) is 11.1 Å². The van der Waals surface area contributed by atoms with Crippen LogP contribution in [0.5, 0.6) is 5.75 Å². The smallest absolute Gasteiger partial charge is 0.351 e. The molecule has 3 aromatic rings. The van der Waals surface area contributed by atoms with Crippen LogP contribution in [0.15, 0.2) is 51.7 Å². The van der Waals surface area contributed by atoms with Gasteiger partial charge in [-0.1, -0.05) is 18.2 Å². The van der Waals surface area contributed by atoms with Crippen molar-refractivity contribution in [2.45, 2.75) is 27.4 Å². The monoisotopic (exact) mass is 366 g/mol. The molecule has 1 aromatic heterocycles. The van der Waals surface area contributed by atoms with Gasteiger partial charge in [0.2, 0.25) is 0 Å². The highest BCUT2D eigenvalue weighted by molar-refractivity contribution is 5.94. The third-order valence-corrected chi connectivity index (χ3v) is 4.00. The van der Waals surface area contributed by atoms with Crippen molar-refractivity contribution < 1.29 is 23.5 Å². The Hall–Kier alpha value is -3.41. The Labute approximate surface area is 155 Å². The minimum atomic E-state index is -0.787. The number of fused-ring (bicyclic) bond motifs is 1. The highest BCUT2D eigenvalue weighted by Crippen LogP contribution is 2.21. The third kappa shape index (κ3) is 4.23. The molecule has 6 heteroatoms. The van der Waals surface area contributed by atoms with Crippen molar-refractivity contribution >= 4 is 22.9 Å². The van der Waals surface area contributed by atoms with Gasteiger partial charge < -0.3 is 13.9 Å². The molecule has 0 bridgehead atoms. The first-order chi connectivity index (χ1) is 12.8. The zero-order chi connectivity index (χ0) is 19.6. The molecule has 6 nitrogen and oxygen atoms in total. The van der Waals surface area contributed by atoms with Crippen molar-refractivity contribution in [1.29, 1.82) is 0 Å². The van der Waals surface area contributed by atoms with Gasteiger partial charge >= 0.3 is 17.6 Å². The largest absolute Gasteiger partial charge is 0.461 e. The molecule has 0 fully saturated rings. The zero-order valence-corrected chi connectivity index (χ0v) is 15.2. The third-order valence-electron chi connectivity index (χ3n) is 4.00. The second kappa shape index (κ2) is 7.45. The predicted molar refractivity (Wildman–Crippen MR) is 98.8 cm³/mol. The highest BCUT2D eigenvalue weighted by atomic mass is 16.5. The molecular formula is C21H18O6. The fraction of sp³-hybridized carbons (Fsp3) is 0.190. The van der Waals surface area contributed by atoms with Crippen molar-refractivity contribution in [3.63, 3.8) is 0 Å². The summed E-state index contributed by atoms with van der Waals surface area (Å²) in [5.74, 6) is -0.791. The first-order valence-corrected chi connectivity index (χ1v) is 8.33. The van der Waals surface area contributed by atoms with E-state index in [1.807, 2.05) is 26.0 Å². The Kier molecular flexibility index (Phi) is 5.07. The lowest BCUT2D eigenvalue weighted by atomic mass is 10.1. The standard InChI is InChI=1S/C21H18O6/c1-12-4-5-13(2)19(8-12)27-21(24)17-10-16-9-15(11-25-14(3)22)6-7-18(16)26-20(17)23/h4-10H,11H2,1-3H3. The molecule has 138 valence electrons. The van der Waals surface area contributed by atoms with Gasteiger partial charge in [-0.05, 0) is 54.8 Å². The highest BCUT2D eigenvalue weighted by Gasteiger charge is 2.17. The molecule has 0 aliphatic carbocycles. The number of benzene rings is 2. The number of hydrogen-bond donors (Lipinski definition) is 0. The van der Waals surface area contributed by atoms with Crippen LogP contribution < -0.4 is 10.4 Å². The number of esters is 2. The Bertz CT molecular complexity index is 1090. The molecule has 27 heavy (non-hydrogen) atoms. The van der Waals surface area contributed by atoms with Crippen molar-refractivity contribution in [2.75, 3.05) is 0 Å². The Balaban J connectivity index is 1.94. The SMILES string of the molecule is CC(=O)OCc1ccc2oc(=O)c(C(=O)Oc3cc(C)ccc3C)cc2c1. The van der Waals surface area contributed by atoms with Crippen LogP contribution in [0.1, 0.15) is 34.0 Å². The molecule has 0 saturated heterocycles. The van der Waals surface area contributed by atoms with E-state index in [2.05, 4.69) is 0 Å². The van der Waals surface area contributed by atoms with Crippen LogP contribution in [0.2, 0.25) is 0 Å². The Morgan fingerprint density at radius 1 is 1.04 bits per heavy atom. The van der Waals surface area contributed by atoms with Crippen LogP contribution in [-0.4, -0.2) is 11.9 Å². The molecule has 0 N–H and O–H groups in total. The lowest BCUT2D eigenvalue weighted by Gasteiger charge is -2.08. The molecule has 0 unspecified atom stereocenters. The van der Waals surface area contributed by atoms with Crippen LogP contribution in [0.4, 0.5) is 0 Å². The van der Waals surface area contributed by atoms with Gasteiger partial charge in [0.05, 0.1) is 0 Å². The molecule has 0 radical (unpaired) electrons. The topological polar surface area (TPSA) is 82.8 Å². The van der Waals surface area contributed by atoms with E-state index in [0.29, 0.717) is 22.3 Å². The molecule has 0 saturated carbocycles. The summed E-state index contributed by atoms with van der Waals surface area (Å²) < 4.78 is 15.6. The zero-order valence-electron chi connectivity index (χ0n) is 15.2. The Morgan fingerprint density at radius 2 is 1.81 bits per heavy atom. The summed E-state index contributed by atoms with van der Waals surface area (Å²) in [7, 11) is 0. The van der Waals surface area contributed by atoms with Crippen LogP contribution in [0.3, 0.4) is 0 Å². The normalized spacial score (nSPS) is 10.6. The molecule has 0 spiro atoms. The van der Waals surface area contributed by atoms with Gasteiger partial charge in [-0.2, -0.15) is 0 Å². The summed E-state index contributed by atoms with van der Waals surface area (Å²) in [4.78, 5) is 35.6. The van der Waals surface area contributed by atoms with Gasteiger partial charge in [-0.15, -0.1) is 0 Å². The summed E-state index contributed by atoms with van der Waals surface area (Å²) in [5.41, 5.74) is 1.78. The van der Waals surface area contributed by atoms with Crippen molar-refractivity contribution in [3.05, 3.63) is 75.1 Å². The number of rotatable bonds is 4. The number of carbonyl (C=O) groups excluding carboxylic acids is 2. The predicted octanol–water partition coefficient (Wildman–Crippen LogP) is 3.69. The van der Waals surface area contributed by atoms with E-state index in [9.17, 15) is 14.4 Å². The first-order valence-electron chi connectivity index (χ1n) is 8.33. The number of carbonyl (C=O) groups is 2. The van der Waals surface area contributed by atoms with Crippen LogP contribution >= 0.6 is 0 Å². The quantitative estimate of drug-likeness (QED) is 0.398. The fourth-order valence-electron chi connectivity index (χ4n) is 2.56. The molecule has 0 amide bonds. The van der Waals surface area contributed by atoms with E-state index in [4.69, 9.17) is 13.9 Å². The summed E-state index contributed by atoms with van der Waals surface area (Å²) in [6.07, 6.45) is 0. The van der Waals surface area contributed by atoms with Gasteiger partial charge in [-0.3, -0.25) is 4.79 Å². The van der Waals surface area contributed by atoms with E-state index in [-0.39, 0.29) is 12.2 Å². The van der Waals surface area contributed by atoms with Gasteiger partial charge in [0.1, 0.15) is 23.5 Å². The van der Waals surface area contributed by atoms with Crippen molar-refractivity contribution in [2.24, 2.45) is 0 Å². The second-order valence-corrected chi connectivity index (χ2v) is 6.26. The number of hydrogen-bond acceptors (Lipinski definition) is 6. The summed E-state index contributed by atoms with van der Waals surface area (Å²) in [5, 5.41) is 0.534. The van der Waals surface area contributed by atoms with Gasteiger partial charge in [0.15, 0.2) is 0 Å². The number of ether oxygens (including phenoxy) is 2. The number of aryl methyl sites for hydroxylation is 2. The molecule has 0 aliphatic rings. The molecule has 0 atom stereocenters. The maximum absolute atomic E-state index is 12.5. The van der Waals surface area contributed by atoms with E-state index in [1.165, 1.54) is 13.0 Å². The molecule has 0 aliphatic heterocycles. The lowest BCUT2D eigenvalue weighted by Crippen LogP contribution is -2.19. The van der Waals surface area contributed by atoms with Gasteiger partial charge in [-0.25, -0.2) is 9.59 Å². The lowest BCUT2D eigenvalue weighted by molar-refractivity contribution is -0.142. The average molecular weight is 366 g/mol. The average Bonchev–Trinajstić information content (AvgIpc) is 2.62. The molecular weight excluding hydrogens is 348 g/mol. The fourth-order valence-corrected chi connectivity index (χ4v) is 2.56. The minimum Gasteiger partial charge on any atom is -0.461 e. The molecule has 1 heterocycles. The van der Waals surface area contributed by atoms with Crippen LogP contribution in [-0.2, 0) is 16.1 Å². The van der Waals surface area contributed by atoms with Gasteiger partial charge in [0.25, 0.3) is 0 Å². The van der Waals surface area contributed by atoms with Crippen molar-refractivity contribution in [1.82, 2.24) is 0 Å². The maximum Gasteiger partial charge on any atom is 0.351 e. The van der Waals surface area contributed by atoms with Crippen LogP contribution in [0.25, 0.3) is 11.0 Å². The molecule has 2 aromatic carbocycles. The summed E-state index contributed by atoms with van der Waals surface area (Å²) in [6.45, 7) is 5.10. The molecule has 3 rings (SSSR count). The van der Waals surface area contributed by atoms with E-state index in [1.54, 1.807) is 24.3 Å². The maximum atomic E-state index is 12.5. The summed E-state index contributed by atoms with van der Waals surface area (Å²) >= 11 is 0. The van der Waals surface area contributed by atoms with Crippen LogP contribution in [0, 0.1) is 13.8 Å².